The van der Waals surface area contributed by atoms with Crippen LogP contribution in [0.5, 0.6) is 5.75 Å². The number of carbonyl (C=O) groups is 4. The summed E-state index contributed by atoms with van der Waals surface area (Å²) in [6.07, 6.45) is 2.72. The van der Waals surface area contributed by atoms with Gasteiger partial charge in [0, 0.05) is 19.0 Å². The van der Waals surface area contributed by atoms with Crippen LogP contribution in [-0.2, 0) is 19.1 Å². The van der Waals surface area contributed by atoms with Gasteiger partial charge in [0.15, 0.2) is 6.10 Å². The number of hydrogen-bond donors (Lipinski definition) is 2. The van der Waals surface area contributed by atoms with Gasteiger partial charge in [0.2, 0.25) is 5.91 Å². The molecule has 2 fully saturated rings. The molecule has 3 rings (SSSR count). The van der Waals surface area contributed by atoms with Gasteiger partial charge in [0.25, 0.3) is 5.91 Å². The number of imide groups is 1. The Morgan fingerprint density at radius 3 is 2.57 bits per heavy atom. The van der Waals surface area contributed by atoms with E-state index in [1.807, 2.05) is 0 Å². The van der Waals surface area contributed by atoms with Crippen molar-refractivity contribution < 1.29 is 28.7 Å². The molecule has 2 N–H and O–H groups in total. The molecule has 162 valence electrons. The minimum Gasteiger partial charge on any atom is -0.495 e. The summed E-state index contributed by atoms with van der Waals surface area (Å²) < 4.78 is 10.5. The zero-order valence-electron chi connectivity index (χ0n) is 17.2. The molecule has 1 heterocycles. The predicted molar refractivity (Wildman–Crippen MR) is 108 cm³/mol. The Balaban J connectivity index is 1.52. The van der Waals surface area contributed by atoms with Crippen molar-refractivity contribution in [3.63, 3.8) is 0 Å². The molecule has 1 saturated carbocycles. The van der Waals surface area contributed by atoms with Crippen LogP contribution in [-0.4, -0.2) is 49.6 Å². The highest BCUT2D eigenvalue weighted by Crippen LogP contribution is 2.33. The first kappa shape index (κ1) is 21.6. The number of rotatable bonds is 6. The van der Waals surface area contributed by atoms with Gasteiger partial charge in [-0.3, -0.25) is 19.7 Å². The van der Waals surface area contributed by atoms with Crippen molar-refractivity contribution in [2.75, 3.05) is 18.6 Å². The van der Waals surface area contributed by atoms with Gasteiger partial charge in [-0.15, -0.1) is 0 Å². The van der Waals surface area contributed by atoms with Crippen molar-refractivity contribution in [3.8, 4) is 5.75 Å². The number of amides is 4. The van der Waals surface area contributed by atoms with Crippen molar-refractivity contribution in [1.82, 2.24) is 10.6 Å². The first-order valence-electron chi connectivity index (χ1n) is 10.1. The van der Waals surface area contributed by atoms with E-state index >= 15 is 0 Å². The molecule has 0 radical (unpaired) electrons. The molecule has 1 aromatic carbocycles. The van der Waals surface area contributed by atoms with Gasteiger partial charge in [-0.25, -0.2) is 4.79 Å². The number of urea groups is 1. The molecular weight excluding hydrogens is 390 g/mol. The summed E-state index contributed by atoms with van der Waals surface area (Å²) in [5.74, 6) is -1.76. The monoisotopic (exact) mass is 417 g/mol. The van der Waals surface area contributed by atoms with Gasteiger partial charge < -0.3 is 19.7 Å². The van der Waals surface area contributed by atoms with Crippen molar-refractivity contribution in [2.24, 2.45) is 5.92 Å². The summed E-state index contributed by atoms with van der Waals surface area (Å²) >= 11 is 0. The molecule has 1 saturated heterocycles. The van der Waals surface area contributed by atoms with E-state index in [9.17, 15) is 19.2 Å². The van der Waals surface area contributed by atoms with Crippen LogP contribution in [0.1, 0.15) is 39.0 Å². The number of hydrogen-bond acceptors (Lipinski definition) is 6. The number of ether oxygens (including phenoxy) is 2. The second-order valence-electron chi connectivity index (χ2n) is 7.60. The number of methoxy groups -OCH3 is 1. The molecule has 4 amide bonds. The lowest BCUT2D eigenvalue weighted by Crippen LogP contribution is -2.47. The third-order valence-corrected chi connectivity index (χ3v) is 5.42. The van der Waals surface area contributed by atoms with Gasteiger partial charge in [-0.05, 0) is 31.9 Å². The number of benzene rings is 1. The Kier molecular flexibility index (Phi) is 6.91. The van der Waals surface area contributed by atoms with Crippen molar-refractivity contribution >= 4 is 29.5 Å². The molecule has 0 aromatic heterocycles. The third-order valence-electron chi connectivity index (χ3n) is 5.42. The molecule has 2 atom stereocenters. The first-order chi connectivity index (χ1) is 14.4. The fraction of sp³-hybridized carbons (Fsp3) is 0.524. The lowest BCUT2D eigenvalue weighted by molar-refractivity contribution is -0.158. The summed E-state index contributed by atoms with van der Waals surface area (Å²) in [6.45, 7) is 1.53. The van der Waals surface area contributed by atoms with Gasteiger partial charge in [-0.2, -0.15) is 0 Å². The van der Waals surface area contributed by atoms with Crippen LogP contribution < -0.4 is 20.3 Å². The van der Waals surface area contributed by atoms with Crippen LogP contribution in [0.25, 0.3) is 0 Å². The second-order valence-corrected chi connectivity index (χ2v) is 7.60. The molecular formula is C21H27N3O6. The lowest BCUT2D eigenvalue weighted by Gasteiger charge is -2.20. The maximum Gasteiger partial charge on any atom is 0.321 e. The van der Waals surface area contributed by atoms with Gasteiger partial charge >= 0.3 is 12.0 Å². The topological polar surface area (TPSA) is 114 Å². The number of anilines is 1. The van der Waals surface area contributed by atoms with Gasteiger partial charge in [0.1, 0.15) is 5.75 Å². The molecule has 0 unspecified atom stereocenters. The van der Waals surface area contributed by atoms with E-state index < -0.39 is 29.9 Å². The fourth-order valence-corrected chi connectivity index (χ4v) is 3.78. The van der Waals surface area contributed by atoms with Crippen LogP contribution in [0.15, 0.2) is 24.3 Å². The van der Waals surface area contributed by atoms with Crippen LogP contribution in [0.4, 0.5) is 10.5 Å². The molecule has 1 aromatic rings. The predicted octanol–water partition coefficient (Wildman–Crippen LogP) is 1.75. The zero-order chi connectivity index (χ0) is 21.7. The SMILES string of the molecule is COc1ccccc1N1C[C@H](C(=O)O[C@@H](C)C(=O)NC(=O)NC2CCCC2)CC1=O. The molecule has 1 aliphatic heterocycles. The number of para-hydroxylation sites is 2. The van der Waals surface area contributed by atoms with E-state index in [1.54, 1.807) is 24.3 Å². The molecule has 9 heteroatoms. The summed E-state index contributed by atoms with van der Waals surface area (Å²) in [6, 6.07) is 6.52. The third kappa shape index (κ3) is 5.08. The number of esters is 1. The Bertz CT molecular complexity index is 821. The van der Waals surface area contributed by atoms with Crippen molar-refractivity contribution in [3.05, 3.63) is 24.3 Å². The standard InChI is InChI=1S/C21H27N3O6/c1-13(19(26)23-21(28)22-15-7-3-4-8-15)30-20(27)14-11-18(25)24(12-14)16-9-5-6-10-17(16)29-2/h5-6,9-10,13-15H,3-4,7-8,11-12H2,1-2H3,(H2,22,23,26,28)/t13-,14+/m0/s1. The van der Waals surface area contributed by atoms with Crippen molar-refractivity contribution in [2.45, 2.75) is 51.2 Å². The van der Waals surface area contributed by atoms with Gasteiger partial charge in [0.05, 0.1) is 18.7 Å². The lowest BCUT2D eigenvalue weighted by atomic mass is 10.1. The Labute approximate surface area is 175 Å². The van der Waals surface area contributed by atoms with Crippen LogP contribution in [0.2, 0.25) is 0 Å². The summed E-state index contributed by atoms with van der Waals surface area (Å²) in [4.78, 5) is 50.5. The van der Waals surface area contributed by atoms with Crippen LogP contribution in [0.3, 0.4) is 0 Å². The van der Waals surface area contributed by atoms with E-state index in [0.717, 1.165) is 25.7 Å². The molecule has 1 aliphatic carbocycles. The molecule has 2 aliphatic rings. The van der Waals surface area contributed by atoms with Crippen LogP contribution >= 0.6 is 0 Å². The first-order valence-corrected chi connectivity index (χ1v) is 10.1. The number of nitrogens with zero attached hydrogens (tertiary/aromatic N) is 1. The van der Waals surface area contributed by atoms with E-state index in [0.29, 0.717) is 11.4 Å². The quantitative estimate of drug-likeness (QED) is 0.682. The van der Waals surface area contributed by atoms with E-state index in [1.165, 1.54) is 18.9 Å². The molecule has 0 bridgehead atoms. The highest BCUT2D eigenvalue weighted by Gasteiger charge is 2.38. The second kappa shape index (κ2) is 9.60. The summed E-state index contributed by atoms with van der Waals surface area (Å²) in [7, 11) is 1.51. The average Bonchev–Trinajstić information content (AvgIpc) is 3.37. The van der Waals surface area contributed by atoms with E-state index in [2.05, 4.69) is 10.6 Å². The average molecular weight is 417 g/mol. The van der Waals surface area contributed by atoms with Gasteiger partial charge in [-0.1, -0.05) is 25.0 Å². The highest BCUT2D eigenvalue weighted by molar-refractivity contribution is 6.01. The van der Waals surface area contributed by atoms with E-state index in [4.69, 9.17) is 9.47 Å². The summed E-state index contributed by atoms with van der Waals surface area (Å²) in [5.41, 5.74) is 0.578. The maximum absolute atomic E-state index is 12.5. The Morgan fingerprint density at radius 2 is 1.87 bits per heavy atom. The van der Waals surface area contributed by atoms with Crippen molar-refractivity contribution in [1.29, 1.82) is 0 Å². The Morgan fingerprint density at radius 1 is 1.17 bits per heavy atom. The molecule has 0 spiro atoms. The van der Waals surface area contributed by atoms with Crippen LogP contribution in [0, 0.1) is 5.92 Å². The zero-order valence-corrected chi connectivity index (χ0v) is 17.2. The largest absolute Gasteiger partial charge is 0.495 e. The minimum atomic E-state index is -1.15. The highest BCUT2D eigenvalue weighted by atomic mass is 16.5. The fourth-order valence-electron chi connectivity index (χ4n) is 3.78. The molecule has 30 heavy (non-hydrogen) atoms. The normalized spacial score (nSPS) is 20.0. The minimum absolute atomic E-state index is 0.0204. The summed E-state index contributed by atoms with van der Waals surface area (Å²) in [5, 5.41) is 4.94. The smallest absolute Gasteiger partial charge is 0.321 e. The maximum atomic E-state index is 12.5. The van der Waals surface area contributed by atoms with E-state index in [-0.39, 0.29) is 24.9 Å². The molecule has 9 nitrogen and oxygen atoms in total. The number of nitrogens with one attached hydrogen (secondary N) is 2. The Hall–Kier alpha value is -3.10. The number of carbonyl (C=O) groups excluding carboxylic acids is 4.